The minimum atomic E-state index is -0.178. The van der Waals surface area contributed by atoms with Gasteiger partial charge in [-0.1, -0.05) is 31.5 Å². The Balaban J connectivity index is 2.08. The predicted molar refractivity (Wildman–Crippen MR) is 80.8 cm³/mol. The SMILES string of the molecule is CCNCc1ccc(N2CCC(O)C(C)C2)c(Cl)c1. The van der Waals surface area contributed by atoms with Crippen molar-refractivity contribution in [2.24, 2.45) is 5.92 Å². The van der Waals surface area contributed by atoms with Gasteiger partial charge in [-0.15, -0.1) is 0 Å². The summed E-state index contributed by atoms with van der Waals surface area (Å²) in [5.74, 6) is 0.297. The van der Waals surface area contributed by atoms with Crippen molar-refractivity contribution in [3.8, 4) is 0 Å². The van der Waals surface area contributed by atoms with Crippen LogP contribution in [-0.4, -0.2) is 30.8 Å². The summed E-state index contributed by atoms with van der Waals surface area (Å²) in [5.41, 5.74) is 2.29. The van der Waals surface area contributed by atoms with E-state index in [4.69, 9.17) is 11.6 Å². The summed E-state index contributed by atoms with van der Waals surface area (Å²) < 4.78 is 0. The lowest BCUT2D eigenvalue weighted by Crippen LogP contribution is -2.42. The monoisotopic (exact) mass is 282 g/mol. The van der Waals surface area contributed by atoms with Gasteiger partial charge in [-0.05, 0) is 36.6 Å². The fourth-order valence-electron chi connectivity index (χ4n) is 2.54. The van der Waals surface area contributed by atoms with Crippen molar-refractivity contribution in [1.29, 1.82) is 0 Å². The molecule has 2 N–H and O–H groups in total. The van der Waals surface area contributed by atoms with Gasteiger partial charge in [0.05, 0.1) is 16.8 Å². The Kier molecular flexibility index (Phi) is 5.08. The van der Waals surface area contributed by atoms with Crippen LogP contribution in [0.15, 0.2) is 18.2 Å². The molecule has 4 heteroatoms. The topological polar surface area (TPSA) is 35.5 Å². The molecule has 1 aliphatic rings. The van der Waals surface area contributed by atoms with E-state index in [1.165, 1.54) is 5.56 Å². The molecule has 0 radical (unpaired) electrons. The zero-order valence-electron chi connectivity index (χ0n) is 11.7. The Morgan fingerprint density at radius 2 is 2.26 bits per heavy atom. The Hall–Kier alpha value is -0.770. The number of hydrogen-bond acceptors (Lipinski definition) is 3. The summed E-state index contributed by atoms with van der Waals surface area (Å²) in [7, 11) is 0. The molecule has 0 spiro atoms. The zero-order valence-corrected chi connectivity index (χ0v) is 12.5. The second-order valence-electron chi connectivity index (χ2n) is 5.35. The van der Waals surface area contributed by atoms with Gasteiger partial charge in [0, 0.05) is 19.6 Å². The van der Waals surface area contributed by atoms with Crippen molar-refractivity contribution in [1.82, 2.24) is 5.32 Å². The number of hydrogen-bond donors (Lipinski definition) is 2. The Morgan fingerprint density at radius 1 is 1.47 bits per heavy atom. The van der Waals surface area contributed by atoms with Crippen LogP contribution < -0.4 is 10.2 Å². The van der Waals surface area contributed by atoms with Crippen LogP contribution in [0.1, 0.15) is 25.8 Å². The number of piperidine rings is 1. The van der Waals surface area contributed by atoms with Crippen LogP contribution in [0.25, 0.3) is 0 Å². The highest BCUT2D eigenvalue weighted by atomic mass is 35.5. The molecule has 2 rings (SSSR count). The molecule has 1 aromatic rings. The lowest BCUT2D eigenvalue weighted by Gasteiger charge is -2.36. The molecule has 0 aromatic heterocycles. The third kappa shape index (κ3) is 3.62. The van der Waals surface area contributed by atoms with E-state index in [0.717, 1.165) is 43.3 Å². The van der Waals surface area contributed by atoms with Crippen molar-refractivity contribution in [3.05, 3.63) is 28.8 Å². The van der Waals surface area contributed by atoms with Crippen LogP contribution in [0, 0.1) is 5.92 Å². The van der Waals surface area contributed by atoms with E-state index in [1.807, 2.05) is 6.07 Å². The number of aliphatic hydroxyl groups excluding tert-OH is 1. The standard InChI is InChI=1S/C15H23ClN2O/c1-3-17-9-12-4-5-14(13(16)8-12)18-7-6-15(19)11(2)10-18/h4-5,8,11,15,17,19H,3,6-7,9-10H2,1-2H3. The van der Waals surface area contributed by atoms with E-state index in [9.17, 15) is 5.11 Å². The fourth-order valence-corrected chi connectivity index (χ4v) is 2.86. The van der Waals surface area contributed by atoms with Crippen LogP contribution in [0.4, 0.5) is 5.69 Å². The average molecular weight is 283 g/mol. The number of anilines is 1. The smallest absolute Gasteiger partial charge is 0.0642 e. The Morgan fingerprint density at radius 3 is 2.89 bits per heavy atom. The normalized spacial score (nSPS) is 23.7. The molecular weight excluding hydrogens is 260 g/mol. The molecule has 0 amide bonds. The van der Waals surface area contributed by atoms with E-state index >= 15 is 0 Å². The molecule has 1 fully saturated rings. The maximum Gasteiger partial charge on any atom is 0.0642 e. The van der Waals surface area contributed by atoms with Crippen LogP contribution >= 0.6 is 11.6 Å². The summed E-state index contributed by atoms with van der Waals surface area (Å²) in [6.45, 7) is 7.73. The van der Waals surface area contributed by atoms with Gasteiger partial charge in [-0.25, -0.2) is 0 Å². The molecule has 0 bridgehead atoms. The summed E-state index contributed by atoms with van der Waals surface area (Å²) in [6.07, 6.45) is 0.638. The lowest BCUT2D eigenvalue weighted by molar-refractivity contribution is 0.0971. The summed E-state index contributed by atoms with van der Waals surface area (Å²) in [6, 6.07) is 6.26. The minimum Gasteiger partial charge on any atom is -0.393 e. The van der Waals surface area contributed by atoms with Gasteiger partial charge >= 0.3 is 0 Å². The largest absolute Gasteiger partial charge is 0.393 e. The number of nitrogens with zero attached hydrogens (tertiary/aromatic N) is 1. The number of rotatable bonds is 4. The molecule has 106 valence electrons. The van der Waals surface area contributed by atoms with Gasteiger partial charge in [-0.2, -0.15) is 0 Å². The molecule has 3 nitrogen and oxygen atoms in total. The second-order valence-corrected chi connectivity index (χ2v) is 5.75. The third-order valence-corrected chi connectivity index (χ3v) is 4.09. The van der Waals surface area contributed by atoms with Crippen LogP contribution in [0.2, 0.25) is 5.02 Å². The van der Waals surface area contributed by atoms with Crippen molar-refractivity contribution < 1.29 is 5.11 Å². The maximum atomic E-state index is 9.78. The molecule has 1 saturated heterocycles. The fraction of sp³-hybridized carbons (Fsp3) is 0.600. The van der Waals surface area contributed by atoms with Crippen molar-refractivity contribution in [3.63, 3.8) is 0 Å². The van der Waals surface area contributed by atoms with E-state index in [-0.39, 0.29) is 6.10 Å². The molecule has 2 atom stereocenters. The van der Waals surface area contributed by atoms with Gasteiger partial charge in [0.1, 0.15) is 0 Å². The predicted octanol–water partition coefficient (Wildman–Crippen LogP) is 2.66. The first-order chi connectivity index (χ1) is 9.11. The molecule has 19 heavy (non-hydrogen) atoms. The van der Waals surface area contributed by atoms with Crippen molar-refractivity contribution in [2.75, 3.05) is 24.5 Å². The first kappa shape index (κ1) is 14.6. The lowest BCUT2D eigenvalue weighted by atomic mass is 9.96. The van der Waals surface area contributed by atoms with Crippen molar-refractivity contribution >= 4 is 17.3 Å². The highest BCUT2D eigenvalue weighted by Gasteiger charge is 2.25. The molecule has 2 unspecified atom stereocenters. The van der Waals surface area contributed by atoms with Gasteiger partial charge in [0.15, 0.2) is 0 Å². The molecule has 1 heterocycles. The molecule has 1 aromatic carbocycles. The van der Waals surface area contributed by atoms with E-state index < -0.39 is 0 Å². The highest BCUT2D eigenvalue weighted by Crippen LogP contribution is 2.30. The first-order valence-corrected chi connectivity index (χ1v) is 7.41. The molecule has 1 aliphatic heterocycles. The van der Waals surface area contributed by atoms with E-state index in [1.54, 1.807) is 0 Å². The maximum absolute atomic E-state index is 9.78. The average Bonchev–Trinajstić information content (AvgIpc) is 2.40. The van der Waals surface area contributed by atoms with E-state index in [0.29, 0.717) is 5.92 Å². The number of aliphatic hydroxyl groups is 1. The molecular formula is C15H23ClN2O. The quantitative estimate of drug-likeness (QED) is 0.891. The number of benzene rings is 1. The first-order valence-electron chi connectivity index (χ1n) is 7.04. The Bertz CT molecular complexity index is 425. The van der Waals surface area contributed by atoms with Gasteiger partial charge in [0.25, 0.3) is 0 Å². The zero-order chi connectivity index (χ0) is 13.8. The van der Waals surface area contributed by atoms with Crippen LogP contribution in [-0.2, 0) is 6.54 Å². The van der Waals surface area contributed by atoms with Gasteiger partial charge in [-0.3, -0.25) is 0 Å². The summed E-state index contributed by atoms with van der Waals surface area (Å²) in [4.78, 5) is 2.27. The summed E-state index contributed by atoms with van der Waals surface area (Å²) >= 11 is 6.39. The third-order valence-electron chi connectivity index (χ3n) is 3.79. The van der Waals surface area contributed by atoms with Crippen LogP contribution in [0.3, 0.4) is 0 Å². The second kappa shape index (κ2) is 6.60. The number of nitrogens with one attached hydrogen (secondary N) is 1. The van der Waals surface area contributed by atoms with E-state index in [2.05, 4.69) is 36.2 Å². The van der Waals surface area contributed by atoms with Crippen molar-refractivity contribution in [2.45, 2.75) is 32.9 Å². The highest BCUT2D eigenvalue weighted by molar-refractivity contribution is 6.33. The number of halogens is 1. The summed E-state index contributed by atoms with van der Waals surface area (Å²) in [5, 5.41) is 13.9. The minimum absolute atomic E-state index is 0.178. The Labute approximate surface area is 120 Å². The molecule has 0 aliphatic carbocycles. The molecule has 0 saturated carbocycles. The van der Waals surface area contributed by atoms with Gasteiger partial charge < -0.3 is 15.3 Å². The van der Waals surface area contributed by atoms with Gasteiger partial charge in [0.2, 0.25) is 0 Å². The van der Waals surface area contributed by atoms with Crippen LogP contribution in [0.5, 0.6) is 0 Å².